The number of likely N-dealkylation sites (N-methyl/N-ethyl adjacent to an activating group) is 1. The van der Waals surface area contributed by atoms with Gasteiger partial charge in [-0.3, -0.25) is 4.68 Å². The summed E-state index contributed by atoms with van der Waals surface area (Å²) in [6.45, 7) is 8.96. The SMILES string of the molecule is Cc1nn(C)c(C)c1CN(C)CCn1cnnc1C. The van der Waals surface area contributed by atoms with Crippen LogP contribution in [0.4, 0.5) is 0 Å². The molecule has 19 heavy (non-hydrogen) atoms. The maximum atomic E-state index is 4.45. The molecule has 2 heterocycles. The Morgan fingerprint density at radius 3 is 2.53 bits per heavy atom. The molecule has 0 N–H and O–H groups in total. The van der Waals surface area contributed by atoms with E-state index in [4.69, 9.17) is 0 Å². The van der Waals surface area contributed by atoms with Crippen molar-refractivity contribution in [3.63, 3.8) is 0 Å². The lowest BCUT2D eigenvalue weighted by Gasteiger charge is -2.17. The van der Waals surface area contributed by atoms with E-state index in [0.717, 1.165) is 31.2 Å². The molecule has 2 aromatic rings. The first kappa shape index (κ1) is 13.7. The van der Waals surface area contributed by atoms with Crippen LogP contribution in [0.15, 0.2) is 6.33 Å². The molecule has 0 fully saturated rings. The Balaban J connectivity index is 1.94. The van der Waals surface area contributed by atoms with Gasteiger partial charge in [-0.25, -0.2) is 0 Å². The van der Waals surface area contributed by atoms with Crippen LogP contribution in [0.5, 0.6) is 0 Å². The summed E-state index contributed by atoms with van der Waals surface area (Å²) >= 11 is 0. The molecule has 0 aromatic carbocycles. The van der Waals surface area contributed by atoms with Crippen LogP contribution in [0.3, 0.4) is 0 Å². The Kier molecular flexibility index (Phi) is 3.99. The third kappa shape index (κ3) is 3.01. The summed E-state index contributed by atoms with van der Waals surface area (Å²) in [6, 6.07) is 0. The van der Waals surface area contributed by atoms with Gasteiger partial charge in [-0.2, -0.15) is 5.10 Å². The van der Waals surface area contributed by atoms with E-state index >= 15 is 0 Å². The highest BCUT2D eigenvalue weighted by atomic mass is 15.3. The molecule has 6 nitrogen and oxygen atoms in total. The normalized spacial score (nSPS) is 11.5. The summed E-state index contributed by atoms with van der Waals surface area (Å²) in [6.07, 6.45) is 1.78. The molecule has 0 saturated heterocycles. The van der Waals surface area contributed by atoms with E-state index in [2.05, 4.69) is 45.7 Å². The van der Waals surface area contributed by atoms with Crippen molar-refractivity contribution >= 4 is 0 Å². The van der Waals surface area contributed by atoms with Crippen LogP contribution in [0.25, 0.3) is 0 Å². The largest absolute Gasteiger partial charge is 0.317 e. The van der Waals surface area contributed by atoms with Crippen molar-refractivity contribution in [2.24, 2.45) is 7.05 Å². The van der Waals surface area contributed by atoms with Gasteiger partial charge in [0.1, 0.15) is 12.2 Å². The van der Waals surface area contributed by atoms with Crippen LogP contribution in [0, 0.1) is 20.8 Å². The highest BCUT2D eigenvalue weighted by Gasteiger charge is 2.11. The number of nitrogens with zero attached hydrogens (tertiary/aromatic N) is 6. The molecule has 0 aliphatic heterocycles. The van der Waals surface area contributed by atoms with Crippen molar-refractivity contribution in [3.8, 4) is 0 Å². The maximum absolute atomic E-state index is 4.45. The molecule has 0 atom stereocenters. The zero-order chi connectivity index (χ0) is 14.0. The second kappa shape index (κ2) is 5.52. The summed E-state index contributed by atoms with van der Waals surface area (Å²) < 4.78 is 4.02. The summed E-state index contributed by atoms with van der Waals surface area (Å²) in [5.74, 6) is 0.960. The summed E-state index contributed by atoms with van der Waals surface area (Å²) in [5, 5.41) is 12.3. The van der Waals surface area contributed by atoms with Gasteiger partial charge in [0.25, 0.3) is 0 Å². The van der Waals surface area contributed by atoms with Gasteiger partial charge in [0, 0.05) is 37.9 Å². The third-order valence-electron chi connectivity index (χ3n) is 3.62. The topological polar surface area (TPSA) is 51.8 Å². The minimum absolute atomic E-state index is 0.910. The van der Waals surface area contributed by atoms with Crippen LogP contribution in [0.1, 0.15) is 22.8 Å². The van der Waals surface area contributed by atoms with Gasteiger partial charge >= 0.3 is 0 Å². The van der Waals surface area contributed by atoms with E-state index in [9.17, 15) is 0 Å². The van der Waals surface area contributed by atoms with E-state index in [-0.39, 0.29) is 0 Å². The van der Waals surface area contributed by atoms with E-state index < -0.39 is 0 Å². The van der Waals surface area contributed by atoms with Crippen molar-refractivity contribution in [1.29, 1.82) is 0 Å². The fraction of sp³-hybridized carbons (Fsp3) is 0.615. The van der Waals surface area contributed by atoms with Crippen LogP contribution in [-0.4, -0.2) is 43.0 Å². The van der Waals surface area contributed by atoms with Gasteiger partial charge < -0.3 is 9.47 Å². The monoisotopic (exact) mass is 262 g/mol. The molecule has 0 aliphatic rings. The lowest BCUT2D eigenvalue weighted by Crippen LogP contribution is -2.23. The van der Waals surface area contributed by atoms with Gasteiger partial charge in [0.05, 0.1) is 5.69 Å². The molecular formula is C13H22N6. The second-order valence-corrected chi connectivity index (χ2v) is 5.08. The zero-order valence-corrected chi connectivity index (χ0v) is 12.4. The standard InChI is InChI=1S/C13H22N6/c1-10-13(11(2)18(5)16-10)8-17(4)6-7-19-9-14-15-12(19)3/h9H,6-8H2,1-5H3. The van der Waals surface area contributed by atoms with Crippen LogP contribution >= 0.6 is 0 Å². The van der Waals surface area contributed by atoms with Crippen molar-refractivity contribution in [1.82, 2.24) is 29.4 Å². The molecule has 0 aliphatic carbocycles. The molecule has 0 bridgehead atoms. The van der Waals surface area contributed by atoms with Crippen molar-refractivity contribution in [3.05, 3.63) is 29.1 Å². The molecule has 0 unspecified atom stereocenters. The molecular weight excluding hydrogens is 240 g/mol. The summed E-state index contributed by atoms with van der Waals surface area (Å²) in [5.41, 5.74) is 3.68. The lowest BCUT2D eigenvalue weighted by molar-refractivity contribution is 0.309. The van der Waals surface area contributed by atoms with Gasteiger partial charge in [-0.05, 0) is 27.8 Å². The highest BCUT2D eigenvalue weighted by molar-refractivity contribution is 5.23. The number of aromatic nitrogens is 5. The Morgan fingerprint density at radius 2 is 2.00 bits per heavy atom. The quantitative estimate of drug-likeness (QED) is 0.809. The van der Waals surface area contributed by atoms with Gasteiger partial charge in [-0.15, -0.1) is 10.2 Å². The molecule has 6 heteroatoms. The second-order valence-electron chi connectivity index (χ2n) is 5.08. The van der Waals surface area contributed by atoms with Crippen molar-refractivity contribution in [2.45, 2.75) is 33.9 Å². The maximum Gasteiger partial charge on any atom is 0.129 e. The Bertz CT molecular complexity index is 553. The fourth-order valence-electron chi connectivity index (χ4n) is 2.21. The predicted octanol–water partition coefficient (Wildman–Crippen LogP) is 1.07. The van der Waals surface area contributed by atoms with Crippen LogP contribution in [0.2, 0.25) is 0 Å². The van der Waals surface area contributed by atoms with Gasteiger partial charge in [-0.1, -0.05) is 0 Å². The third-order valence-corrected chi connectivity index (χ3v) is 3.62. The lowest BCUT2D eigenvalue weighted by atomic mass is 10.2. The number of aryl methyl sites for hydroxylation is 3. The molecule has 0 saturated carbocycles. The van der Waals surface area contributed by atoms with E-state index in [1.54, 1.807) is 6.33 Å². The van der Waals surface area contributed by atoms with Crippen molar-refractivity contribution in [2.75, 3.05) is 13.6 Å². The molecule has 0 radical (unpaired) electrons. The smallest absolute Gasteiger partial charge is 0.129 e. The minimum Gasteiger partial charge on any atom is -0.317 e. The van der Waals surface area contributed by atoms with Gasteiger partial charge in [0.15, 0.2) is 0 Å². The molecule has 0 amide bonds. The minimum atomic E-state index is 0.910. The zero-order valence-electron chi connectivity index (χ0n) is 12.4. The van der Waals surface area contributed by atoms with Crippen LogP contribution in [-0.2, 0) is 20.1 Å². The summed E-state index contributed by atoms with van der Waals surface area (Å²) in [4.78, 5) is 2.30. The van der Waals surface area contributed by atoms with Crippen molar-refractivity contribution < 1.29 is 0 Å². The Labute approximate surface area is 114 Å². The number of hydrogen-bond donors (Lipinski definition) is 0. The average molecular weight is 262 g/mol. The van der Waals surface area contributed by atoms with Crippen LogP contribution < -0.4 is 0 Å². The molecule has 2 rings (SSSR count). The Hall–Kier alpha value is -1.69. The first-order valence-corrected chi connectivity index (χ1v) is 6.51. The van der Waals surface area contributed by atoms with E-state index in [1.807, 2.05) is 18.7 Å². The summed E-state index contributed by atoms with van der Waals surface area (Å²) in [7, 11) is 4.12. The highest BCUT2D eigenvalue weighted by Crippen LogP contribution is 2.13. The Morgan fingerprint density at radius 1 is 1.26 bits per heavy atom. The number of rotatable bonds is 5. The van der Waals surface area contributed by atoms with E-state index in [1.165, 1.54) is 11.3 Å². The fourth-order valence-corrected chi connectivity index (χ4v) is 2.21. The molecule has 0 spiro atoms. The number of hydrogen-bond acceptors (Lipinski definition) is 4. The predicted molar refractivity (Wildman–Crippen MR) is 73.8 cm³/mol. The molecule has 2 aromatic heterocycles. The first-order valence-electron chi connectivity index (χ1n) is 6.51. The average Bonchev–Trinajstić information content (AvgIpc) is 2.86. The molecule has 104 valence electrons. The van der Waals surface area contributed by atoms with E-state index in [0.29, 0.717) is 0 Å². The first-order chi connectivity index (χ1) is 8.99. The van der Waals surface area contributed by atoms with Gasteiger partial charge in [0.2, 0.25) is 0 Å².